The summed E-state index contributed by atoms with van der Waals surface area (Å²) in [6, 6.07) is 6.26. The molecule has 1 aliphatic heterocycles. The minimum atomic E-state index is -0.0386. The number of nitriles is 3. The molecule has 2 aliphatic rings. The van der Waals surface area contributed by atoms with E-state index < -0.39 is 0 Å². The zero-order valence-corrected chi connectivity index (χ0v) is 14.3. The Morgan fingerprint density at radius 3 is 2.48 bits per heavy atom. The third-order valence-electron chi connectivity index (χ3n) is 5.01. The lowest BCUT2D eigenvalue weighted by Gasteiger charge is -2.42. The topological polar surface area (TPSA) is 74.6 Å². The van der Waals surface area contributed by atoms with Crippen LogP contribution in [0.15, 0.2) is 22.4 Å². The largest absolute Gasteiger partial charge is 0.373 e. The fraction of sp³-hybridized carbons (Fsp3) is 0.632. The number of rotatable bonds is 2. The Bertz CT molecular complexity index is 645. The van der Waals surface area contributed by atoms with Crippen LogP contribution in [0.2, 0.25) is 0 Å². The maximum atomic E-state index is 9.71. The van der Waals surface area contributed by atoms with Gasteiger partial charge in [0.05, 0.1) is 5.57 Å². The summed E-state index contributed by atoms with van der Waals surface area (Å²) in [4.78, 5) is 2.34. The van der Waals surface area contributed by atoms with Crippen LogP contribution in [-0.4, -0.2) is 18.0 Å². The van der Waals surface area contributed by atoms with Gasteiger partial charge in [-0.05, 0) is 37.0 Å². The molecule has 2 rings (SSSR count). The Kier molecular flexibility index (Phi) is 5.12. The van der Waals surface area contributed by atoms with Gasteiger partial charge in [0.2, 0.25) is 0 Å². The van der Waals surface area contributed by atoms with E-state index >= 15 is 0 Å². The van der Waals surface area contributed by atoms with E-state index in [1.807, 2.05) is 12.1 Å². The van der Waals surface area contributed by atoms with Crippen LogP contribution in [-0.2, 0) is 0 Å². The third-order valence-corrected chi connectivity index (χ3v) is 5.01. The predicted octanol–water partition coefficient (Wildman–Crippen LogP) is 4.05. The minimum Gasteiger partial charge on any atom is -0.373 e. The molecule has 0 radical (unpaired) electrons. The van der Waals surface area contributed by atoms with Crippen LogP contribution in [0.4, 0.5) is 0 Å². The zero-order chi connectivity index (χ0) is 17.0. The monoisotopic (exact) mass is 308 g/mol. The minimum absolute atomic E-state index is 0.0386. The summed E-state index contributed by atoms with van der Waals surface area (Å²) in [5.41, 5.74) is 2.31. The standard InChI is InChI=1S/C19H24N4/c1-4-14-6-5-7-23(13-14)18-9-19(2,3)8-16(17(18)12-22)15(10-20)11-21/h14H,4-9,13H2,1-3H3. The smallest absolute Gasteiger partial charge is 0.134 e. The van der Waals surface area contributed by atoms with Gasteiger partial charge in [-0.1, -0.05) is 27.2 Å². The highest BCUT2D eigenvalue weighted by Gasteiger charge is 2.35. The molecular formula is C19H24N4. The average molecular weight is 308 g/mol. The Morgan fingerprint density at radius 2 is 1.91 bits per heavy atom. The van der Waals surface area contributed by atoms with Crippen LogP contribution in [0.5, 0.6) is 0 Å². The predicted molar refractivity (Wildman–Crippen MR) is 88.5 cm³/mol. The number of nitrogens with zero attached hydrogens (tertiary/aromatic N) is 4. The normalized spacial score (nSPS) is 23.7. The summed E-state index contributed by atoms with van der Waals surface area (Å²) in [5.74, 6) is 0.667. The molecule has 1 aliphatic carbocycles. The molecule has 0 saturated carbocycles. The van der Waals surface area contributed by atoms with E-state index in [-0.39, 0.29) is 11.0 Å². The van der Waals surface area contributed by atoms with Crippen molar-refractivity contribution in [2.24, 2.45) is 11.3 Å². The molecule has 1 saturated heterocycles. The first-order valence-corrected chi connectivity index (χ1v) is 8.37. The van der Waals surface area contributed by atoms with Gasteiger partial charge in [-0.3, -0.25) is 0 Å². The van der Waals surface area contributed by atoms with E-state index in [0.717, 1.165) is 38.0 Å². The fourth-order valence-corrected chi connectivity index (χ4v) is 3.76. The summed E-state index contributed by atoms with van der Waals surface area (Å²) < 4.78 is 0. The molecule has 1 fully saturated rings. The molecule has 1 unspecified atom stereocenters. The van der Waals surface area contributed by atoms with Gasteiger partial charge in [0.15, 0.2) is 0 Å². The number of piperidine rings is 1. The van der Waals surface area contributed by atoms with Crippen molar-refractivity contribution < 1.29 is 0 Å². The highest BCUT2D eigenvalue weighted by Crippen LogP contribution is 2.44. The zero-order valence-electron chi connectivity index (χ0n) is 14.3. The Balaban J connectivity index is 2.53. The molecule has 0 aromatic rings. The highest BCUT2D eigenvalue weighted by atomic mass is 15.1. The first kappa shape index (κ1) is 17.1. The molecule has 1 atom stereocenters. The van der Waals surface area contributed by atoms with Crippen molar-refractivity contribution in [3.8, 4) is 18.2 Å². The van der Waals surface area contributed by atoms with Crippen LogP contribution in [0.1, 0.15) is 52.9 Å². The van der Waals surface area contributed by atoms with Gasteiger partial charge < -0.3 is 4.90 Å². The van der Waals surface area contributed by atoms with Gasteiger partial charge in [0.25, 0.3) is 0 Å². The van der Waals surface area contributed by atoms with Gasteiger partial charge in [-0.25, -0.2) is 0 Å². The SMILES string of the molecule is CCC1CCCN(C2=C(C#N)C(=C(C#N)C#N)CC(C)(C)C2)C1. The third kappa shape index (κ3) is 3.57. The van der Waals surface area contributed by atoms with Crippen molar-refractivity contribution >= 4 is 0 Å². The maximum Gasteiger partial charge on any atom is 0.134 e. The van der Waals surface area contributed by atoms with Crippen molar-refractivity contribution in [3.63, 3.8) is 0 Å². The Labute approximate surface area is 139 Å². The first-order valence-electron chi connectivity index (χ1n) is 8.37. The molecular weight excluding hydrogens is 284 g/mol. The van der Waals surface area contributed by atoms with E-state index in [1.54, 1.807) is 0 Å². The van der Waals surface area contributed by atoms with E-state index in [0.29, 0.717) is 23.5 Å². The molecule has 23 heavy (non-hydrogen) atoms. The van der Waals surface area contributed by atoms with Crippen molar-refractivity contribution in [1.82, 2.24) is 4.90 Å². The number of hydrogen-bond acceptors (Lipinski definition) is 4. The van der Waals surface area contributed by atoms with E-state index in [9.17, 15) is 15.8 Å². The lowest BCUT2D eigenvalue weighted by molar-refractivity contribution is 0.185. The summed E-state index contributed by atoms with van der Waals surface area (Å²) in [5, 5.41) is 28.2. The van der Waals surface area contributed by atoms with Crippen LogP contribution < -0.4 is 0 Å². The highest BCUT2D eigenvalue weighted by molar-refractivity contribution is 5.57. The van der Waals surface area contributed by atoms with Crippen molar-refractivity contribution in [1.29, 1.82) is 15.8 Å². The molecule has 0 bridgehead atoms. The van der Waals surface area contributed by atoms with Gasteiger partial charge in [-0.2, -0.15) is 15.8 Å². The average Bonchev–Trinajstić information content (AvgIpc) is 2.55. The molecule has 0 spiro atoms. The van der Waals surface area contributed by atoms with Crippen LogP contribution in [0.3, 0.4) is 0 Å². The fourth-order valence-electron chi connectivity index (χ4n) is 3.76. The summed E-state index contributed by atoms with van der Waals surface area (Å²) in [6.07, 6.45) is 4.99. The van der Waals surface area contributed by atoms with Crippen molar-refractivity contribution in [3.05, 3.63) is 22.4 Å². The van der Waals surface area contributed by atoms with Gasteiger partial charge >= 0.3 is 0 Å². The van der Waals surface area contributed by atoms with E-state index in [4.69, 9.17) is 0 Å². The van der Waals surface area contributed by atoms with Crippen molar-refractivity contribution in [2.75, 3.05) is 13.1 Å². The molecule has 120 valence electrons. The van der Waals surface area contributed by atoms with Gasteiger partial charge in [0.1, 0.15) is 23.8 Å². The molecule has 0 amide bonds. The van der Waals surface area contributed by atoms with Crippen LogP contribution in [0.25, 0.3) is 0 Å². The molecule has 4 heteroatoms. The number of likely N-dealkylation sites (tertiary alicyclic amines) is 1. The number of hydrogen-bond donors (Lipinski definition) is 0. The van der Waals surface area contributed by atoms with Gasteiger partial charge in [0, 0.05) is 24.4 Å². The second-order valence-corrected chi connectivity index (χ2v) is 7.39. The summed E-state index contributed by atoms with van der Waals surface area (Å²) in [6.45, 7) is 8.46. The first-order chi connectivity index (χ1) is 11.0. The lowest BCUT2D eigenvalue weighted by atomic mass is 9.72. The second-order valence-electron chi connectivity index (χ2n) is 7.39. The quantitative estimate of drug-likeness (QED) is 0.721. The molecule has 4 nitrogen and oxygen atoms in total. The van der Waals surface area contributed by atoms with Crippen molar-refractivity contribution in [2.45, 2.75) is 52.9 Å². The molecule has 0 N–H and O–H groups in total. The van der Waals surface area contributed by atoms with Gasteiger partial charge in [-0.15, -0.1) is 0 Å². The second kappa shape index (κ2) is 6.89. The van der Waals surface area contributed by atoms with E-state index in [1.165, 1.54) is 6.42 Å². The maximum absolute atomic E-state index is 9.71. The Hall–Kier alpha value is -2.25. The van der Waals surface area contributed by atoms with Crippen LogP contribution in [0, 0.1) is 45.3 Å². The van der Waals surface area contributed by atoms with E-state index in [2.05, 4.69) is 31.7 Å². The summed E-state index contributed by atoms with van der Waals surface area (Å²) in [7, 11) is 0. The Morgan fingerprint density at radius 1 is 1.22 bits per heavy atom. The molecule has 0 aromatic carbocycles. The summed E-state index contributed by atoms with van der Waals surface area (Å²) >= 11 is 0. The van der Waals surface area contributed by atoms with Crippen LogP contribution >= 0.6 is 0 Å². The molecule has 0 aromatic heterocycles. The lowest BCUT2D eigenvalue weighted by Crippen LogP contribution is -2.38. The number of allylic oxidation sites excluding steroid dienone is 4. The molecule has 1 heterocycles.